The Morgan fingerprint density at radius 1 is 1.13 bits per heavy atom. The molecule has 196 valence electrons. The van der Waals surface area contributed by atoms with E-state index in [1.165, 1.54) is 31.0 Å². The SMILES string of the molecule is Cc1c(NC(=O)c2cc(C(N)=O)nc3cccc(F)c23)c(C(F)(F)F)nn1Cc1ccc(C2CCC2)cc1. The number of nitrogens with two attached hydrogens (primary N) is 1. The number of aromatic nitrogens is 3. The number of pyridine rings is 1. The van der Waals surface area contributed by atoms with E-state index in [0.717, 1.165) is 35.2 Å². The van der Waals surface area contributed by atoms with Crippen LogP contribution >= 0.6 is 0 Å². The second-order valence-electron chi connectivity index (χ2n) is 9.34. The maximum absolute atomic E-state index is 14.6. The number of hydrogen-bond donors (Lipinski definition) is 2. The molecule has 4 aromatic rings. The van der Waals surface area contributed by atoms with Gasteiger partial charge >= 0.3 is 6.18 Å². The average Bonchev–Trinajstić information content (AvgIpc) is 3.14. The van der Waals surface area contributed by atoms with Crippen LogP contribution < -0.4 is 11.1 Å². The molecule has 0 aliphatic heterocycles. The lowest BCUT2D eigenvalue weighted by Crippen LogP contribution is -2.20. The molecule has 0 spiro atoms. The summed E-state index contributed by atoms with van der Waals surface area (Å²) in [6.07, 6.45) is -1.42. The summed E-state index contributed by atoms with van der Waals surface area (Å²) in [6.45, 7) is 1.45. The van der Waals surface area contributed by atoms with Gasteiger partial charge in [-0.15, -0.1) is 0 Å². The molecule has 1 saturated carbocycles. The highest BCUT2D eigenvalue weighted by Crippen LogP contribution is 2.38. The van der Waals surface area contributed by atoms with Crippen LogP contribution in [0, 0.1) is 12.7 Å². The second-order valence-corrected chi connectivity index (χ2v) is 9.34. The number of nitrogens with zero attached hydrogens (tertiary/aromatic N) is 3. The lowest BCUT2D eigenvalue weighted by molar-refractivity contribution is -0.140. The second kappa shape index (κ2) is 9.55. The van der Waals surface area contributed by atoms with Crippen molar-refractivity contribution in [3.8, 4) is 0 Å². The summed E-state index contributed by atoms with van der Waals surface area (Å²) in [5.41, 5.74) is 4.70. The first kappa shape index (κ1) is 25.4. The van der Waals surface area contributed by atoms with Gasteiger partial charge in [0.2, 0.25) is 0 Å². The van der Waals surface area contributed by atoms with Crippen molar-refractivity contribution in [1.29, 1.82) is 0 Å². The lowest BCUT2D eigenvalue weighted by Gasteiger charge is -2.25. The topological polar surface area (TPSA) is 103 Å². The van der Waals surface area contributed by atoms with Crippen molar-refractivity contribution < 1.29 is 27.2 Å². The molecule has 3 N–H and O–H groups in total. The highest BCUT2D eigenvalue weighted by atomic mass is 19.4. The summed E-state index contributed by atoms with van der Waals surface area (Å²) in [5, 5.41) is 5.74. The summed E-state index contributed by atoms with van der Waals surface area (Å²) in [4.78, 5) is 28.9. The molecule has 7 nitrogen and oxygen atoms in total. The highest BCUT2D eigenvalue weighted by molar-refractivity contribution is 6.14. The predicted octanol–water partition coefficient (Wildman–Crippen LogP) is 5.56. The molecule has 5 rings (SSSR count). The zero-order valence-corrected chi connectivity index (χ0v) is 20.3. The van der Waals surface area contributed by atoms with Crippen molar-refractivity contribution in [3.63, 3.8) is 0 Å². The summed E-state index contributed by atoms with van der Waals surface area (Å²) in [5.74, 6) is -2.35. The van der Waals surface area contributed by atoms with Crippen LogP contribution in [0.15, 0.2) is 48.5 Å². The van der Waals surface area contributed by atoms with Gasteiger partial charge in [0.15, 0.2) is 5.69 Å². The minimum Gasteiger partial charge on any atom is -0.364 e. The summed E-state index contributed by atoms with van der Waals surface area (Å²) >= 11 is 0. The zero-order chi connectivity index (χ0) is 27.2. The van der Waals surface area contributed by atoms with Crippen LogP contribution in [0.2, 0.25) is 0 Å². The van der Waals surface area contributed by atoms with E-state index >= 15 is 0 Å². The average molecular weight is 526 g/mol. The molecule has 1 aliphatic rings. The number of fused-ring (bicyclic) bond motifs is 1. The van der Waals surface area contributed by atoms with Crippen LogP contribution in [-0.2, 0) is 12.7 Å². The van der Waals surface area contributed by atoms with Crippen LogP contribution in [-0.4, -0.2) is 26.6 Å². The third-order valence-electron chi connectivity index (χ3n) is 6.88. The number of carbonyl (C=O) groups is 2. The Morgan fingerprint density at radius 3 is 2.45 bits per heavy atom. The number of nitrogens with one attached hydrogen (secondary N) is 1. The van der Waals surface area contributed by atoms with E-state index in [9.17, 15) is 27.2 Å². The molecule has 0 radical (unpaired) electrons. The molecule has 38 heavy (non-hydrogen) atoms. The molecule has 0 atom stereocenters. The van der Waals surface area contributed by atoms with Crippen LogP contribution in [0.1, 0.15) is 68.5 Å². The van der Waals surface area contributed by atoms with Crippen molar-refractivity contribution in [2.24, 2.45) is 5.73 Å². The fourth-order valence-electron chi connectivity index (χ4n) is 4.59. The molecular weight excluding hydrogens is 502 g/mol. The monoisotopic (exact) mass is 525 g/mol. The van der Waals surface area contributed by atoms with Crippen molar-refractivity contribution in [2.75, 3.05) is 5.32 Å². The molecule has 11 heteroatoms. The van der Waals surface area contributed by atoms with Gasteiger partial charge in [0.05, 0.1) is 29.0 Å². The van der Waals surface area contributed by atoms with Crippen molar-refractivity contribution >= 4 is 28.4 Å². The van der Waals surface area contributed by atoms with E-state index in [-0.39, 0.29) is 34.4 Å². The standard InChI is InChI=1S/C27H23F4N5O2/c1-14-23(34-26(38)18-12-21(25(32)37)33-20-7-3-6-19(28)22(18)20)24(27(29,30)31)35-36(14)13-15-8-10-17(11-9-15)16-4-2-5-16/h3,6-12,16H,2,4-5,13H2,1H3,(H2,32,37)(H,34,38). The van der Waals surface area contributed by atoms with Gasteiger partial charge in [0, 0.05) is 5.39 Å². The van der Waals surface area contributed by atoms with E-state index in [1.807, 2.05) is 24.3 Å². The van der Waals surface area contributed by atoms with Gasteiger partial charge in [-0.2, -0.15) is 18.3 Å². The number of benzene rings is 2. The number of primary amides is 1. The number of anilines is 1. The quantitative estimate of drug-likeness (QED) is 0.322. The van der Waals surface area contributed by atoms with Crippen molar-refractivity contribution in [3.05, 3.63) is 88.1 Å². The highest BCUT2D eigenvalue weighted by Gasteiger charge is 2.39. The normalized spacial score (nSPS) is 13.9. The summed E-state index contributed by atoms with van der Waals surface area (Å²) in [7, 11) is 0. The fraction of sp³-hybridized carbons (Fsp3) is 0.259. The zero-order valence-electron chi connectivity index (χ0n) is 20.3. The van der Waals surface area contributed by atoms with Gasteiger partial charge in [-0.25, -0.2) is 9.37 Å². The van der Waals surface area contributed by atoms with Gasteiger partial charge in [-0.3, -0.25) is 14.3 Å². The minimum absolute atomic E-state index is 0.0414. The van der Waals surface area contributed by atoms with Crippen molar-refractivity contribution in [2.45, 2.75) is 44.8 Å². The van der Waals surface area contributed by atoms with Gasteiger partial charge in [-0.05, 0) is 55.0 Å². The van der Waals surface area contributed by atoms with Crippen LogP contribution in [0.3, 0.4) is 0 Å². The van der Waals surface area contributed by atoms with Crippen LogP contribution in [0.4, 0.5) is 23.2 Å². The molecule has 2 aromatic carbocycles. The number of hydrogen-bond acceptors (Lipinski definition) is 4. The molecule has 0 saturated heterocycles. The summed E-state index contributed by atoms with van der Waals surface area (Å²) < 4.78 is 57.7. The number of halogens is 4. The van der Waals surface area contributed by atoms with Gasteiger partial charge < -0.3 is 11.1 Å². The van der Waals surface area contributed by atoms with Crippen LogP contribution in [0.25, 0.3) is 10.9 Å². The van der Waals surface area contributed by atoms with E-state index < -0.39 is 35.2 Å². The Kier molecular flexibility index (Phi) is 6.38. The first-order valence-electron chi connectivity index (χ1n) is 12.0. The molecule has 1 fully saturated rings. The van der Waals surface area contributed by atoms with Gasteiger partial charge in [-0.1, -0.05) is 36.8 Å². The largest absolute Gasteiger partial charge is 0.437 e. The molecule has 2 heterocycles. The number of carbonyl (C=O) groups excluding carboxylic acids is 2. The third kappa shape index (κ3) is 4.71. The maximum Gasteiger partial charge on any atom is 0.437 e. The minimum atomic E-state index is -4.88. The third-order valence-corrected chi connectivity index (χ3v) is 6.88. The molecular formula is C27H23F4N5O2. The Balaban J connectivity index is 1.51. The molecule has 2 aromatic heterocycles. The Hall–Kier alpha value is -4.28. The predicted molar refractivity (Wildman–Crippen MR) is 132 cm³/mol. The molecule has 0 bridgehead atoms. The first-order valence-corrected chi connectivity index (χ1v) is 12.0. The molecule has 0 unspecified atom stereocenters. The van der Waals surface area contributed by atoms with E-state index in [0.29, 0.717) is 5.92 Å². The lowest BCUT2D eigenvalue weighted by atomic mass is 9.80. The van der Waals surface area contributed by atoms with Crippen molar-refractivity contribution in [1.82, 2.24) is 14.8 Å². The van der Waals surface area contributed by atoms with E-state index in [1.54, 1.807) is 0 Å². The molecule has 1 aliphatic carbocycles. The fourth-order valence-corrected chi connectivity index (χ4v) is 4.59. The van der Waals surface area contributed by atoms with Gasteiger partial charge in [0.1, 0.15) is 11.5 Å². The Bertz CT molecular complexity index is 1560. The van der Waals surface area contributed by atoms with Gasteiger partial charge in [0.25, 0.3) is 11.8 Å². The smallest absolute Gasteiger partial charge is 0.364 e. The maximum atomic E-state index is 14.6. The number of rotatable bonds is 6. The van der Waals surface area contributed by atoms with Crippen LogP contribution in [0.5, 0.6) is 0 Å². The summed E-state index contributed by atoms with van der Waals surface area (Å²) in [6, 6.07) is 12.4. The number of amides is 2. The molecule has 2 amide bonds. The van der Waals surface area contributed by atoms with E-state index in [4.69, 9.17) is 5.73 Å². The number of alkyl halides is 3. The Morgan fingerprint density at radius 2 is 1.84 bits per heavy atom. The van der Waals surface area contributed by atoms with E-state index in [2.05, 4.69) is 15.4 Å². The first-order chi connectivity index (χ1) is 18.0. The Labute approximate surface area is 214 Å².